The van der Waals surface area contributed by atoms with Crippen molar-refractivity contribution in [1.29, 1.82) is 0 Å². The van der Waals surface area contributed by atoms with Crippen LogP contribution in [0.4, 0.5) is 0 Å². The number of hydrogen-bond donors (Lipinski definition) is 2. The standard InChI is InChI=1S/C22H33N5O2.HI/c1-17(2)13-20(27-9-11-28-12-10-27)15-25-22(23-3)24-14-19-16-29-21(26-19)18-7-5-4-6-8-18;/h4-8,16-17,20H,9-15H2,1-3H3,(H2,23,24,25);1H. The fourth-order valence-corrected chi connectivity index (χ4v) is 3.56. The van der Waals surface area contributed by atoms with E-state index in [2.05, 4.69) is 39.4 Å². The minimum Gasteiger partial charge on any atom is -0.444 e. The summed E-state index contributed by atoms with van der Waals surface area (Å²) in [5, 5.41) is 6.81. The van der Waals surface area contributed by atoms with Crippen LogP contribution in [0.25, 0.3) is 11.5 Å². The van der Waals surface area contributed by atoms with Gasteiger partial charge in [-0.2, -0.15) is 0 Å². The van der Waals surface area contributed by atoms with Crippen molar-refractivity contribution in [3.8, 4) is 11.5 Å². The molecule has 3 rings (SSSR count). The summed E-state index contributed by atoms with van der Waals surface area (Å²) in [6, 6.07) is 10.4. The Labute approximate surface area is 196 Å². The van der Waals surface area contributed by atoms with Gasteiger partial charge in [0.25, 0.3) is 0 Å². The summed E-state index contributed by atoms with van der Waals surface area (Å²) in [7, 11) is 1.79. The highest BCUT2D eigenvalue weighted by Gasteiger charge is 2.22. The third kappa shape index (κ3) is 7.55. The molecule has 7 nitrogen and oxygen atoms in total. The molecule has 0 saturated carbocycles. The van der Waals surface area contributed by atoms with E-state index in [0.717, 1.165) is 56.5 Å². The number of ether oxygens (including phenoxy) is 1. The number of rotatable bonds is 8. The normalized spacial score (nSPS) is 16.2. The van der Waals surface area contributed by atoms with Gasteiger partial charge in [0.2, 0.25) is 5.89 Å². The Morgan fingerprint density at radius 1 is 1.17 bits per heavy atom. The fraction of sp³-hybridized carbons (Fsp3) is 0.545. The summed E-state index contributed by atoms with van der Waals surface area (Å²) in [5.74, 6) is 2.05. The SMILES string of the molecule is CN=C(NCc1coc(-c2ccccc2)n1)NCC(CC(C)C)N1CCOCC1.I. The summed E-state index contributed by atoms with van der Waals surface area (Å²) in [4.78, 5) is 11.4. The molecule has 166 valence electrons. The molecule has 0 spiro atoms. The maximum Gasteiger partial charge on any atom is 0.226 e. The molecular formula is C22H34IN5O2. The van der Waals surface area contributed by atoms with E-state index in [0.29, 0.717) is 24.4 Å². The van der Waals surface area contributed by atoms with Gasteiger partial charge in [0.1, 0.15) is 6.26 Å². The molecule has 1 aromatic heterocycles. The number of morpholine rings is 1. The zero-order chi connectivity index (χ0) is 20.5. The molecule has 0 amide bonds. The van der Waals surface area contributed by atoms with E-state index in [4.69, 9.17) is 9.15 Å². The van der Waals surface area contributed by atoms with Gasteiger partial charge in [0.15, 0.2) is 5.96 Å². The summed E-state index contributed by atoms with van der Waals surface area (Å²) in [6.45, 7) is 9.58. The van der Waals surface area contributed by atoms with Gasteiger partial charge in [-0.1, -0.05) is 32.0 Å². The van der Waals surface area contributed by atoms with Gasteiger partial charge in [0.05, 0.1) is 25.5 Å². The van der Waals surface area contributed by atoms with Crippen molar-refractivity contribution in [3.63, 3.8) is 0 Å². The molecule has 30 heavy (non-hydrogen) atoms. The highest BCUT2D eigenvalue weighted by molar-refractivity contribution is 14.0. The summed E-state index contributed by atoms with van der Waals surface area (Å²) < 4.78 is 11.1. The quantitative estimate of drug-likeness (QED) is 0.312. The zero-order valence-corrected chi connectivity index (χ0v) is 20.5. The lowest BCUT2D eigenvalue weighted by molar-refractivity contribution is 0.0132. The molecule has 1 aromatic carbocycles. The Kier molecular flexibility index (Phi) is 10.6. The van der Waals surface area contributed by atoms with Crippen LogP contribution in [-0.2, 0) is 11.3 Å². The molecule has 1 fully saturated rings. The van der Waals surface area contributed by atoms with Crippen molar-refractivity contribution in [2.45, 2.75) is 32.9 Å². The lowest BCUT2D eigenvalue weighted by Crippen LogP contribution is -2.51. The van der Waals surface area contributed by atoms with Crippen molar-refractivity contribution in [2.75, 3.05) is 39.9 Å². The summed E-state index contributed by atoms with van der Waals surface area (Å²) in [6.07, 6.45) is 2.84. The third-order valence-electron chi connectivity index (χ3n) is 5.04. The van der Waals surface area contributed by atoms with Crippen LogP contribution in [0.15, 0.2) is 46.0 Å². The Bertz CT molecular complexity index is 760. The predicted molar refractivity (Wildman–Crippen MR) is 131 cm³/mol. The highest BCUT2D eigenvalue weighted by atomic mass is 127. The molecule has 0 aliphatic carbocycles. The molecule has 1 unspecified atom stereocenters. The van der Waals surface area contributed by atoms with Crippen molar-refractivity contribution in [2.24, 2.45) is 10.9 Å². The molecule has 2 N–H and O–H groups in total. The van der Waals surface area contributed by atoms with E-state index in [1.165, 1.54) is 0 Å². The molecule has 2 aromatic rings. The second-order valence-electron chi connectivity index (χ2n) is 7.75. The maximum absolute atomic E-state index is 5.61. The largest absolute Gasteiger partial charge is 0.444 e. The van der Waals surface area contributed by atoms with Crippen molar-refractivity contribution < 1.29 is 9.15 Å². The number of nitrogens with zero attached hydrogens (tertiary/aromatic N) is 3. The predicted octanol–water partition coefficient (Wildman–Crippen LogP) is 3.37. The molecule has 1 atom stereocenters. The van der Waals surface area contributed by atoms with E-state index in [-0.39, 0.29) is 24.0 Å². The van der Waals surface area contributed by atoms with Gasteiger partial charge in [-0.15, -0.1) is 24.0 Å². The van der Waals surface area contributed by atoms with Crippen LogP contribution in [0.3, 0.4) is 0 Å². The number of oxazole rings is 1. The number of halogens is 1. The minimum atomic E-state index is 0. The summed E-state index contributed by atoms with van der Waals surface area (Å²) in [5.41, 5.74) is 1.82. The Hall–Kier alpha value is -1.65. The van der Waals surface area contributed by atoms with Gasteiger partial charge in [-0.3, -0.25) is 9.89 Å². The first kappa shape index (κ1) is 24.6. The smallest absolute Gasteiger partial charge is 0.226 e. The van der Waals surface area contributed by atoms with Crippen molar-refractivity contribution >= 4 is 29.9 Å². The topological polar surface area (TPSA) is 74.9 Å². The first-order chi connectivity index (χ1) is 14.2. The highest BCUT2D eigenvalue weighted by Crippen LogP contribution is 2.17. The average molecular weight is 527 g/mol. The van der Waals surface area contributed by atoms with Gasteiger partial charge in [-0.05, 0) is 24.5 Å². The zero-order valence-electron chi connectivity index (χ0n) is 18.1. The first-order valence-corrected chi connectivity index (χ1v) is 10.4. The molecule has 0 radical (unpaired) electrons. The van der Waals surface area contributed by atoms with Crippen LogP contribution >= 0.6 is 24.0 Å². The second kappa shape index (κ2) is 12.9. The van der Waals surface area contributed by atoms with Crippen LogP contribution in [-0.4, -0.2) is 61.8 Å². The van der Waals surface area contributed by atoms with Crippen LogP contribution in [0, 0.1) is 5.92 Å². The summed E-state index contributed by atoms with van der Waals surface area (Å²) >= 11 is 0. The average Bonchev–Trinajstić information content (AvgIpc) is 3.23. The lowest BCUT2D eigenvalue weighted by atomic mass is 10.0. The van der Waals surface area contributed by atoms with Gasteiger partial charge < -0.3 is 19.8 Å². The van der Waals surface area contributed by atoms with E-state index in [9.17, 15) is 0 Å². The molecule has 0 bridgehead atoms. The van der Waals surface area contributed by atoms with Crippen molar-refractivity contribution in [1.82, 2.24) is 20.5 Å². The van der Waals surface area contributed by atoms with Crippen molar-refractivity contribution in [3.05, 3.63) is 42.3 Å². The monoisotopic (exact) mass is 527 g/mol. The van der Waals surface area contributed by atoms with E-state index < -0.39 is 0 Å². The van der Waals surface area contributed by atoms with Crippen LogP contribution in [0.1, 0.15) is 26.0 Å². The number of guanidine groups is 1. The lowest BCUT2D eigenvalue weighted by Gasteiger charge is -2.35. The number of nitrogens with one attached hydrogen (secondary N) is 2. The Morgan fingerprint density at radius 3 is 2.57 bits per heavy atom. The minimum absolute atomic E-state index is 0. The fourth-order valence-electron chi connectivity index (χ4n) is 3.56. The van der Waals surface area contributed by atoms with Crippen LogP contribution < -0.4 is 10.6 Å². The van der Waals surface area contributed by atoms with Gasteiger partial charge in [-0.25, -0.2) is 4.98 Å². The number of aliphatic imine (C=N–C) groups is 1. The van der Waals surface area contributed by atoms with Gasteiger partial charge in [0, 0.05) is 38.3 Å². The van der Waals surface area contributed by atoms with Gasteiger partial charge >= 0.3 is 0 Å². The van der Waals surface area contributed by atoms with E-state index in [1.54, 1.807) is 13.3 Å². The Balaban J connectivity index is 0.00000320. The molecule has 1 aliphatic heterocycles. The van der Waals surface area contributed by atoms with Crippen LogP contribution in [0.5, 0.6) is 0 Å². The van der Waals surface area contributed by atoms with Crippen LogP contribution in [0.2, 0.25) is 0 Å². The maximum atomic E-state index is 5.61. The Morgan fingerprint density at radius 2 is 1.90 bits per heavy atom. The molecule has 1 saturated heterocycles. The number of aromatic nitrogens is 1. The number of hydrogen-bond acceptors (Lipinski definition) is 5. The van der Waals surface area contributed by atoms with E-state index in [1.807, 2.05) is 30.3 Å². The van der Waals surface area contributed by atoms with E-state index >= 15 is 0 Å². The molecular weight excluding hydrogens is 493 g/mol. The third-order valence-corrected chi connectivity index (χ3v) is 5.04. The molecule has 2 heterocycles. The molecule has 8 heteroatoms. The first-order valence-electron chi connectivity index (χ1n) is 10.4. The second-order valence-corrected chi connectivity index (χ2v) is 7.75. The number of benzene rings is 1. The molecule has 1 aliphatic rings.